The molecular formula is C24H19N7O5S2. The summed E-state index contributed by atoms with van der Waals surface area (Å²) >= 11 is 0.979. The van der Waals surface area contributed by atoms with E-state index >= 15 is 0 Å². The Labute approximate surface area is 221 Å². The number of thioether (sulfide) groups is 1. The van der Waals surface area contributed by atoms with Crippen molar-refractivity contribution in [3.05, 3.63) is 65.6 Å². The van der Waals surface area contributed by atoms with Crippen molar-refractivity contribution in [1.82, 2.24) is 10.1 Å². The largest absolute Gasteiger partial charge is 0.464 e. The molecule has 0 spiro atoms. The Hall–Kier alpha value is -4.79. The number of carbonyl (C=O) groups is 1. The number of sulfonamides is 1. The van der Waals surface area contributed by atoms with Gasteiger partial charge >= 0.3 is 0 Å². The number of nitriles is 2. The van der Waals surface area contributed by atoms with E-state index in [4.69, 9.17) is 14.7 Å². The van der Waals surface area contributed by atoms with Crippen LogP contribution in [0.15, 0.2) is 67.6 Å². The molecule has 1 aromatic carbocycles. The number of rotatable bonds is 8. The van der Waals surface area contributed by atoms with Crippen LogP contribution in [0.4, 0.5) is 17.3 Å². The molecule has 4 rings (SSSR count). The molecule has 3 heterocycles. The Kier molecular flexibility index (Phi) is 7.38. The van der Waals surface area contributed by atoms with E-state index in [1.807, 2.05) is 12.1 Å². The molecule has 38 heavy (non-hydrogen) atoms. The lowest BCUT2D eigenvalue weighted by Crippen LogP contribution is -2.23. The molecule has 0 aliphatic carbocycles. The zero-order valence-electron chi connectivity index (χ0n) is 19.9. The van der Waals surface area contributed by atoms with Crippen LogP contribution in [-0.4, -0.2) is 29.7 Å². The molecular weight excluding hydrogens is 530 g/mol. The summed E-state index contributed by atoms with van der Waals surface area (Å²) in [6.45, 7) is 3.24. The number of benzene rings is 1. The van der Waals surface area contributed by atoms with Gasteiger partial charge in [0.25, 0.3) is 10.0 Å². The predicted molar refractivity (Wildman–Crippen MR) is 138 cm³/mol. The molecule has 12 nitrogen and oxygen atoms in total. The summed E-state index contributed by atoms with van der Waals surface area (Å²) in [7, 11) is -3.91. The van der Waals surface area contributed by atoms with Crippen LogP contribution >= 0.6 is 11.8 Å². The minimum atomic E-state index is -3.91. The molecule has 1 unspecified atom stereocenters. The van der Waals surface area contributed by atoms with Crippen molar-refractivity contribution in [1.29, 1.82) is 10.5 Å². The molecule has 4 aromatic rings. The highest BCUT2D eigenvalue weighted by atomic mass is 32.2. The van der Waals surface area contributed by atoms with Gasteiger partial charge in [0.1, 0.15) is 40.1 Å². The second kappa shape index (κ2) is 10.7. The summed E-state index contributed by atoms with van der Waals surface area (Å²) in [4.78, 5) is 17.0. The third-order valence-corrected chi connectivity index (χ3v) is 7.60. The number of furan rings is 1. The van der Waals surface area contributed by atoms with Gasteiger partial charge in [-0.15, -0.1) is 0 Å². The van der Waals surface area contributed by atoms with Crippen molar-refractivity contribution in [2.75, 3.05) is 15.8 Å². The van der Waals surface area contributed by atoms with Gasteiger partial charge in [0.15, 0.2) is 5.82 Å². The first-order valence-corrected chi connectivity index (χ1v) is 13.2. The molecule has 0 aliphatic rings. The fourth-order valence-corrected chi connectivity index (χ4v) is 5.25. The standard InChI is InChI=1S/C24H19N7O5S2/c1-13-10-20(30-36-13)31-38(33,34)16-7-5-15(6-8-16)28-23(32)14(2)37-24-18(12-26)21(19-4-3-9-35-19)17(11-25)22(27)29-24/h3-10,14H,1-2H3,(H2,27,29)(H,28,32)(H,30,31). The Balaban J connectivity index is 1.50. The van der Waals surface area contributed by atoms with Gasteiger partial charge in [0, 0.05) is 11.8 Å². The number of aryl methyl sites for hydroxylation is 1. The number of hydrogen-bond acceptors (Lipinski definition) is 11. The van der Waals surface area contributed by atoms with E-state index in [1.165, 1.54) is 36.6 Å². The van der Waals surface area contributed by atoms with E-state index in [0.717, 1.165) is 11.8 Å². The van der Waals surface area contributed by atoms with Crippen LogP contribution in [0.25, 0.3) is 11.3 Å². The van der Waals surface area contributed by atoms with Crippen molar-refractivity contribution in [3.8, 4) is 23.5 Å². The van der Waals surface area contributed by atoms with Crippen LogP contribution in [0.3, 0.4) is 0 Å². The second-order valence-corrected chi connectivity index (χ2v) is 10.8. The summed E-state index contributed by atoms with van der Waals surface area (Å²) < 4.78 is 37.6. The number of anilines is 3. The molecule has 0 saturated heterocycles. The maximum Gasteiger partial charge on any atom is 0.263 e. The molecule has 192 valence electrons. The van der Waals surface area contributed by atoms with Crippen molar-refractivity contribution in [3.63, 3.8) is 0 Å². The molecule has 0 saturated carbocycles. The van der Waals surface area contributed by atoms with Crippen LogP contribution in [0, 0.1) is 29.6 Å². The summed E-state index contributed by atoms with van der Waals surface area (Å²) in [5.74, 6) is 0.240. The normalized spacial score (nSPS) is 11.8. The minimum absolute atomic E-state index is 0.00109. The smallest absolute Gasteiger partial charge is 0.263 e. The van der Waals surface area contributed by atoms with Gasteiger partial charge in [0.2, 0.25) is 5.91 Å². The van der Waals surface area contributed by atoms with Crippen LogP contribution in [0.5, 0.6) is 0 Å². The number of hydrogen-bond donors (Lipinski definition) is 3. The van der Waals surface area contributed by atoms with Gasteiger partial charge < -0.3 is 20.0 Å². The highest BCUT2D eigenvalue weighted by Crippen LogP contribution is 2.37. The topological polar surface area (TPSA) is 201 Å². The number of amides is 1. The first-order valence-electron chi connectivity index (χ1n) is 10.8. The van der Waals surface area contributed by atoms with Crippen molar-refractivity contribution in [2.24, 2.45) is 0 Å². The average Bonchev–Trinajstić information content (AvgIpc) is 3.55. The predicted octanol–water partition coefficient (Wildman–Crippen LogP) is 3.88. The highest BCUT2D eigenvalue weighted by Gasteiger charge is 2.25. The van der Waals surface area contributed by atoms with Crippen molar-refractivity contribution >= 4 is 45.0 Å². The van der Waals surface area contributed by atoms with Crippen molar-refractivity contribution in [2.45, 2.75) is 29.0 Å². The molecule has 0 bridgehead atoms. The van der Waals surface area contributed by atoms with Crippen LogP contribution in [0.2, 0.25) is 0 Å². The third kappa shape index (κ3) is 5.46. The summed E-state index contributed by atoms with van der Waals surface area (Å²) in [5.41, 5.74) is 6.58. The third-order valence-electron chi connectivity index (χ3n) is 5.14. The number of nitrogens with two attached hydrogens (primary N) is 1. The van der Waals surface area contributed by atoms with Gasteiger partial charge in [-0.25, -0.2) is 13.4 Å². The molecule has 0 radical (unpaired) electrons. The first kappa shape index (κ1) is 26.3. The van der Waals surface area contributed by atoms with Gasteiger partial charge in [-0.05, 0) is 50.2 Å². The van der Waals surface area contributed by atoms with E-state index in [-0.39, 0.29) is 44.0 Å². The lowest BCUT2D eigenvalue weighted by molar-refractivity contribution is -0.115. The zero-order valence-corrected chi connectivity index (χ0v) is 21.6. The van der Waals surface area contributed by atoms with Crippen LogP contribution in [0.1, 0.15) is 23.8 Å². The number of nitrogens with one attached hydrogen (secondary N) is 2. The molecule has 14 heteroatoms. The van der Waals surface area contributed by atoms with E-state index in [9.17, 15) is 23.7 Å². The molecule has 1 atom stereocenters. The molecule has 0 aliphatic heterocycles. The Morgan fingerprint density at radius 3 is 2.45 bits per heavy atom. The van der Waals surface area contributed by atoms with Gasteiger partial charge in [0.05, 0.1) is 27.5 Å². The van der Waals surface area contributed by atoms with E-state index in [0.29, 0.717) is 11.4 Å². The maximum absolute atomic E-state index is 12.9. The molecule has 3 aromatic heterocycles. The fraction of sp³-hybridized carbons (Fsp3) is 0.125. The van der Waals surface area contributed by atoms with Gasteiger partial charge in [-0.2, -0.15) is 10.5 Å². The SMILES string of the molecule is Cc1cc(NS(=O)(=O)c2ccc(NC(=O)C(C)Sc3nc(N)c(C#N)c(-c4ccco4)c3C#N)cc2)no1. The Morgan fingerprint density at radius 1 is 1.16 bits per heavy atom. The Morgan fingerprint density at radius 2 is 1.87 bits per heavy atom. The van der Waals surface area contributed by atoms with Gasteiger partial charge in [-0.3, -0.25) is 9.52 Å². The quantitative estimate of drug-likeness (QED) is 0.269. The number of nitrogens with zero attached hydrogens (tertiary/aromatic N) is 4. The summed E-state index contributed by atoms with van der Waals surface area (Å²) in [5, 5.41) is 25.1. The van der Waals surface area contributed by atoms with Gasteiger partial charge in [-0.1, -0.05) is 16.9 Å². The zero-order chi connectivity index (χ0) is 27.4. The summed E-state index contributed by atoms with van der Waals surface area (Å²) in [6.07, 6.45) is 1.40. The van der Waals surface area contributed by atoms with E-state index < -0.39 is 21.2 Å². The lowest BCUT2D eigenvalue weighted by atomic mass is 10.0. The number of pyridine rings is 1. The molecule has 1 amide bonds. The maximum atomic E-state index is 12.9. The van der Waals surface area contributed by atoms with E-state index in [2.05, 4.69) is 20.2 Å². The average molecular weight is 550 g/mol. The fourth-order valence-electron chi connectivity index (χ4n) is 3.34. The van der Waals surface area contributed by atoms with E-state index in [1.54, 1.807) is 26.0 Å². The number of aromatic nitrogens is 2. The van der Waals surface area contributed by atoms with Crippen molar-refractivity contribution < 1.29 is 22.2 Å². The molecule has 4 N–H and O–H groups in total. The first-order chi connectivity index (χ1) is 18.1. The minimum Gasteiger partial charge on any atom is -0.464 e. The Bertz CT molecular complexity index is 1680. The highest BCUT2D eigenvalue weighted by molar-refractivity contribution is 8.00. The number of carbonyl (C=O) groups excluding carboxylic acids is 1. The molecule has 0 fully saturated rings. The number of nitrogen functional groups attached to an aromatic ring is 1. The monoisotopic (exact) mass is 549 g/mol. The van der Waals surface area contributed by atoms with Crippen LogP contribution < -0.4 is 15.8 Å². The van der Waals surface area contributed by atoms with Crippen LogP contribution in [-0.2, 0) is 14.8 Å². The summed E-state index contributed by atoms with van der Waals surface area (Å²) in [6, 6.07) is 14.2. The second-order valence-electron chi connectivity index (χ2n) is 7.83. The lowest BCUT2D eigenvalue weighted by Gasteiger charge is -2.15.